The van der Waals surface area contributed by atoms with Gasteiger partial charge in [0.2, 0.25) is 0 Å². The Morgan fingerprint density at radius 2 is 1.21 bits per heavy atom. The zero-order valence-corrected chi connectivity index (χ0v) is 13.5. The Bertz CT molecular complexity index is 236. The van der Waals surface area contributed by atoms with Crippen molar-refractivity contribution in [1.29, 1.82) is 0 Å². The second-order valence-electron chi connectivity index (χ2n) is 6.62. The van der Waals surface area contributed by atoms with Gasteiger partial charge in [0, 0.05) is 5.41 Å². The molecule has 0 saturated heterocycles. The summed E-state index contributed by atoms with van der Waals surface area (Å²) in [4.78, 5) is 0. The van der Waals surface area contributed by atoms with Gasteiger partial charge in [-0.3, -0.25) is 0 Å². The highest BCUT2D eigenvalue weighted by molar-refractivity contribution is 4.79. The minimum Gasteiger partial charge on any atom is -0.396 e. The first-order valence-electron chi connectivity index (χ1n) is 7.15. The molecule has 0 aromatic heterocycles. The predicted octanol–water partition coefficient (Wildman–Crippen LogP) is 2.37. The van der Waals surface area contributed by atoms with Crippen molar-refractivity contribution in [2.45, 2.75) is 65.6 Å². The molecule has 0 aliphatic rings. The second-order valence-corrected chi connectivity index (χ2v) is 6.62. The maximum atomic E-state index is 9.40. The van der Waals surface area contributed by atoms with Gasteiger partial charge in [-0.15, -0.1) is 0 Å². The number of aliphatic hydroxyl groups excluding tert-OH is 2. The molecule has 0 atom stereocenters. The quantitative estimate of drug-likeness (QED) is 0.643. The molecule has 0 radical (unpaired) electrons. The molecular weight excluding hydrogens is 244 g/mol. The van der Waals surface area contributed by atoms with Crippen molar-refractivity contribution in [2.75, 3.05) is 26.4 Å². The van der Waals surface area contributed by atoms with Crippen LogP contribution in [0.5, 0.6) is 0 Å². The van der Waals surface area contributed by atoms with E-state index in [4.69, 9.17) is 9.47 Å². The normalized spacial score (nSPS) is 13.9. The van der Waals surface area contributed by atoms with Gasteiger partial charge >= 0.3 is 0 Å². The molecule has 0 saturated carbocycles. The molecule has 19 heavy (non-hydrogen) atoms. The van der Waals surface area contributed by atoms with Crippen molar-refractivity contribution in [3.05, 3.63) is 0 Å². The van der Waals surface area contributed by atoms with Crippen LogP contribution in [0.1, 0.15) is 54.4 Å². The molecule has 0 aromatic rings. The van der Waals surface area contributed by atoms with Crippen molar-refractivity contribution < 1.29 is 19.7 Å². The van der Waals surface area contributed by atoms with Gasteiger partial charge in [-0.1, -0.05) is 13.8 Å². The Kier molecular flexibility index (Phi) is 7.51. The van der Waals surface area contributed by atoms with Crippen molar-refractivity contribution >= 4 is 0 Å². The van der Waals surface area contributed by atoms with Crippen LogP contribution >= 0.6 is 0 Å². The van der Waals surface area contributed by atoms with Gasteiger partial charge in [0.25, 0.3) is 0 Å². The lowest BCUT2D eigenvalue weighted by Gasteiger charge is -2.35. The van der Waals surface area contributed by atoms with Gasteiger partial charge in [-0.2, -0.15) is 0 Å². The molecule has 0 spiro atoms. The highest BCUT2D eigenvalue weighted by atomic mass is 16.6. The lowest BCUT2D eigenvalue weighted by molar-refractivity contribution is -0.147. The molecule has 4 heteroatoms. The van der Waals surface area contributed by atoms with Gasteiger partial charge in [0.15, 0.2) is 0 Å². The summed E-state index contributed by atoms with van der Waals surface area (Å²) < 4.78 is 11.7. The summed E-state index contributed by atoms with van der Waals surface area (Å²) in [6.45, 7) is 12.8. The minimum atomic E-state index is -0.558. The molecular formula is C15H32O4. The summed E-state index contributed by atoms with van der Waals surface area (Å²) in [7, 11) is 0. The highest BCUT2D eigenvalue weighted by Gasteiger charge is 2.31. The zero-order valence-electron chi connectivity index (χ0n) is 13.5. The van der Waals surface area contributed by atoms with Crippen molar-refractivity contribution in [3.63, 3.8) is 0 Å². The van der Waals surface area contributed by atoms with Gasteiger partial charge in [-0.05, 0) is 40.5 Å². The number of aliphatic hydroxyl groups is 2. The van der Waals surface area contributed by atoms with E-state index in [-0.39, 0.29) is 18.8 Å². The summed E-state index contributed by atoms with van der Waals surface area (Å²) in [5, 5.41) is 18.8. The topological polar surface area (TPSA) is 58.9 Å². The first-order valence-corrected chi connectivity index (χ1v) is 7.15. The monoisotopic (exact) mass is 276 g/mol. The Labute approximate surface area is 118 Å². The zero-order chi connectivity index (χ0) is 15.2. The van der Waals surface area contributed by atoms with E-state index in [1.165, 1.54) is 0 Å². The largest absolute Gasteiger partial charge is 0.396 e. The average Bonchev–Trinajstić information content (AvgIpc) is 2.39. The molecule has 0 heterocycles. The maximum Gasteiger partial charge on any atom is 0.0859 e. The van der Waals surface area contributed by atoms with Crippen LogP contribution < -0.4 is 0 Å². The molecule has 2 N–H and O–H groups in total. The number of hydrogen-bond donors (Lipinski definition) is 2. The number of hydrogen-bond acceptors (Lipinski definition) is 4. The van der Waals surface area contributed by atoms with Crippen LogP contribution in [0, 0.1) is 5.41 Å². The van der Waals surface area contributed by atoms with Gasteiger partial charge in [-0.25, -0.2) is 0 Å². The smallest absolute Gasteiger partial charge is 0.0859 e. The molecule has 4 nitrogen and oxygen atoms in total. The molecule has 0 aliphatic carbocycles. The van der Waals surface area contributed by atoms with Gasteiger partial charge < -0.3 is 19.7 Å². The summed E-state index contributed by atoms with van der Waals surface area (Å²) in [6.07, 6.45) is 1.62. The van der Waals surface area contributed by atoms with Crippen LogP contribution in [-0.4, -0.2) is 47.8 Å². The lowest BCUT2D eigenvalue weighted by Crippen LogP contribution is -2.42. The van der Waals surface area contributed by atoms with E-state index < -0.39 is 11.0 Å². The summed E-state index contributed by atoms with van der Waals surface area (Å²) in [5.41, 5.74) is -1.15. The maximum absolute atomic E-state index is 9.40. The third kappa shape index (κ3) is 6.70. The van der Waals surface area contributed by atoms with Crippen LogP contribution in [0.15, 0.2) is 0 Å². The molecule has 0 aromatic carbocycles. The Morgan fingerprint density at radius 3 is 1.58 bits per heavy atom. The summed E-state index contributed by atoms with van der Waals surface area (Å²) >= 11 is 0. The average molecular weight is 276 g/mol. The molecule has 0 rings (SSSR count). The Hall–Kier alpha value is -0.160. The van der Waals surface area contributed by atoms with E-state index in [0.29, 0.717) is 19.6 Å². The summed E-state index contributed by atoms with van der Waals surface area (Å²) in [5.74, 6) is 0. The predicted molar refractivity (Wildman–Crippen MR) is 77.2 cm³/mol. The van der Waals surface area contributed by atoms with E-state index in [0.717, 1.165) is 6.42 Å². The second kappa shape index (κ2) is 7.58. The van der Waals surface area contributed by atoms with E-state index in [9.17, 15) is 10.2 Å². The number of rotatable bonds is 10. The van der Waals surface area contributed by atoms with Gasteiger partial charge in [0.1, 0.15) is 0 Å². The Balaban J connectivity index is 4.37. The van der Waals surface area contributed by atoms with E-state index >= 15 is 0 Å². The first-order chi connectivity index (χ1) is 8.66. The standard InChI is InChI=1S/C15H32O4/c1-7-13(3,4)18-11-14(5,6)19-12-15(8-2,9-16)10-17/h16-17H,7-12H2,1-6H3. The number of ether oxygens (including phenoxy) is 2. The van der Waals surface area contributed by atoms with E-state index in [2.05, 4.69) is 20.8 Å². The molecule has 0 aliphatic heterocycles. The fourth-order valence-corrected chi connectivity index (χ4v) is 1.33. The molecule has 0 fully saturated rings. The van der Waals surface area contributed by atoms with Crippen LogP contribution in [0.3, 0.4) is 0 Å². The first kappa shape index (κ1) is 18.8. The van der Waals surface area contributed by atoms with E-state index in [1.54, 1.807) is 0 Å². The molecule has 0 amide bonds. The lowest BCUT2D eigenvalue weighted by atomic mass is 9.88. The Morgan fingerprint density at radius 1 is 0.737 bits per heavy atom. The molecule has 116 valence electrons. The van der Waals surface area contributed by atoms with Crippen molar-refractivity contribution in [3.8, 4) is 0 Å². The fourth-order valence-electron chi connectivity index (χ4n) is 1.33. The SMILES string of the molecule is CCC(CO)(CO)COC(C)(C)COC(C)(C)CC. The molecule has 0 bridgehead atoms. The van der Waals surface area contributed by atoms with E-state index in [1.807, 2.05) is 20.8 Å². The van der Waals surface area contributed by atoms with Crippen LogP contribution in [0.25, 0.3) is 0 Å². The van der Waals surface area contributed by atoms with Crippen LogP contribution in [0.2, 0.25) is 0 Å². The minimum absolute atomic E-state index is 0.0720. The van der Waals surface area contributed by atoms with Crippen LogP contribution in [-0.2, 0) is 9.47 Å². The summed E-state index contributed by atoms with van der Waals surface area (Å²) in [6, 6.07) is 0. The van der Waals surface area contributed by atoms with Crippen molar-refractivity contribution in [1.82, 2.24) is 0 Å². The van der Waals surface area contributed by atoms with Crippen LogP contribution in [0.4, 0.5) is 0 Å². The fraction of sp³-hybridized carbons (Fsp3) is 1.00. The molecule has 0 unspecified atom stereocenters. The highest BCUT2D eigenvalue weighted by Crippen LogP contribution is 2.25. The third-order valence-electron chi connectivity index (χ3n) is 3.85. The van der Waals surface area contributed by atoms with Gasteiger partial charge in [0.05, 0.1) is 37.6 Å². The third-order valence-corrected chi connectivity index (χ3v) is 3.85. The van der Waals surface area contributed by atoms with Crippen molar-refractivity contribution in [2.24, 2.45) is 5.41 Å².